The molecule has 0 saturated heterocycles. The summed E-state index contributed by atoms with van der Waals surface area (Å²) in [7, 11) is 0. The zero-order valence-electron chi connectivity index (χ0n) is 10.0. The van der Waals surface area contributed by atoms with Gasteiger partial charge in [0.05, 0.1) is 5.56 Å². The van der Waals surface area contributed by atoms with Gasteiger partial charge in [0.15, 0.2) is 0 Å². The van der Waals surface area contributed by atoms with Gasteiger partial charge in [-0.2, -0.15) is 13.2 Å². The summed E-state index contributed by atoms with van der Waals surface area (Å²) in [5.74, 6) is 0. The smallest absolute Gasteiger partial charge is 0.298 e. The largest absolute Gasteiger partial charge is 0.417 e. The number of carbonyl (C=O) groups is 1. The van der Waals surface area contributed by atoms with E-state index in [1.54, 1.807) is 19.1 Å². The molecule has 0 radical (unpaired) electrons. The molecule has 0 N–H and O–H groups in total. The number of aryl methyl sites for hydroxylation is 1. The van der Waals surface area contributed by atoms with Gasteiger partial charge in [-0.3, -0.25) is 9.78 Å². The predicted molar refractivity (Wildman–Crippen MR) is 64.8 cm³/mol. The molecule has 2 aromatic rings. The normalized spacial score (nSPS) is 11.4. The second-order valence-electron chi connectivity index (χ2n) is 4.11. The molecule has 98 valence electrons. The van der Waals surface area contributed by atoms with Crippen molar-refractivity contribution in [3.63, 3.8) is 0 Å². The number of benzene rings is 1. The van der Waals surface area contributed by atoms with Crippen molar-refractivity contribution in [3.05, 3.63) is 53.3 Å². The van der Waals surface area contributed by atoms with Gasteiger partial charge in [-0.15, -0.1) is 0 Å². The van der Waals surface area contributed by atoms with E-state index < -0.39 is 11.7 Å². The van der Waals surface area contributed by atoms with Crippen molar-refractivity contribution in [3.8, 4) is 11.1 Å². The SMILES string of the molecule is Cc1ccc(-c2cc(C=O)ccc2C(F)(F)F)cn1. The Hall–Kier alpha value is -2.17. The van der Waals surface area contributed by atoms with Gasteiger partial charge in [-0.05, 0) is 30.7 Å². The Morgan fingerprint density at radius 2 is 1.89 bits per heavy atom. The van der Waals surface area contributed by atoms with Crippen LogP contribution in [-0.4, -0.2) is 11.3 Å². The Labute approximate surface area is 107 Å². The van der Waals surface area contributed by atoms with Crippen LogP contribution >= 0.6 is 0 Å². The first-order chi connectivity index (χ1) is 8.91. The summed E-state index contributed by atoms with van der Waals surface area (Å²) in [4.78, 5) is 14.7. The third kappa shape index (κ3) is 2.81. The van der Waals surface area contributed by atoms with Crippen molar-refractivity contribution < 1.29 is 18.0 Å². The molecule has 5 heteroatoms. The van der Waals surface area contributed by atoms with Crippen molar-refractivity contribution in [2.75, 3.05) is 0 Å². The standard InChI is InChI=1S/C14H10F3NO/c1-9-2-4-11(7-18-9)12-6-10(8-19)3-5-13(12)14(15,16)17/h2-8H,1H3. The third-order valence-electron chi connectivity index (χ3n) is 2.71. The average Bonchev–Trinajstić information content (AvgIpc) is 2.38. The fraction of sp³-hybridized carbons (Fsp3) is 0.143. The lowest BCUT2D eigenvalue weighted by molar-refractivity contribution is -0.137. The van der Waals surface area contributed by atoms with Crippen LogP contribution in [0, 0.1) is 6.92 Å². The van der Waals surface area contributed by atoms with Crippen LogP contribution in [-0.2, 0) is 6.18 Å². The van der Waals surface area contributed by atoms with E-state index in [-0.39, 0.29) is 11.1 Å². The molecule has 0 saturated carbocycles. The lowest BCUT2D eigenvalue weighted by atomic mass is 9.98. The van der Waals surface area contributed by atoms with Crippen LogP contribution in [0.3, 0.4) is 0 Å². The highest BCUT2D eigenvalue weighted by Gasteiger charge is 2.33. The number of nitrogens with zero attached hydrogens (tertiary/aromatic N) is 1. The average molecular weight is 265 g/mol. The minimum absolute atomic E-state index is 0.0374. The number of carbonyl (C=O) groups excluding carboxylic acids is 1. The van der Waals surface area contributed by atoms with E-state index in [2.05, 4.69) is 4.98 Å². The quantitative estimate of drug-likeness (QED) is 0.771. The van der Waals surface area contributed by atoms with Gasteiger partial charge in [0.1, 0.15) is 6.29 Å². The van der Waals surface area contributed by atoms with E-state index in [9.17, 15) is 18.0 Å². The molecule has 2 nitrogen and oxygen atoms in total. The molecule has 0 atom stereocenters. The highest BCUT2D eigenvalue weighted by molar-refractivity contribution is 5.80. The third-order valence-corrected chi connectivity index (χ3v) is 2.71. The van der Waals surface area contributed by atoms with Crippen LogP contribution in [0.1, 0.15) is 21.6 Å². The van der Waals surface area contributed by atoms with Crippen molar-refractivity contribution in [2.45, 2.75) is 13.1 Å². The number of alkyl halides is 3. The van der Waals surface area contributed by atoms with E-state index in [1.165, 1.54) is 12.3 Å². The zero-order chi connectivity index (χ0) is 14.0. The fourth-order valence-electron chi connectivity index (χ4n) is 1.75. The molecule has 0 aliphatic carbocycles. The van der Waals surface area contributed by atoms with E-state index in [1.807, 2.05) is 0 Å². The second kappa shape index (κ2) is 4.84. The van der Waals surface area contributed by atoms with Crippen molar-refractivity contribution in [1.29, 1.82) is 0 Å². The van der Waals surface area contributed by atoms with Crippen LogP contribution in [0.25, 0.3) is 11.1 Å². The summed E-state index contributed by atoms with van der Waals surface area (Å²) in [5, 5.41) is 0. The minimum atomic E-state index is -4.47. The number of halogens is 3. The lowest BCUT2D eigenvalue weighted by Crippen LogP contribution is -2.07. The van der Waals surface area contributed by atoms with Gasteiger partial charge in [0.2, 0.25) is 0 Å². The summed E-state index contributed by atoms with van der Waals surface area (Å²) in [6.45, 7) is 1.75. The lowest BCUT2D eigenvalue weighted by Gasteiger charge is -2.13. The Morgan fingerprint density at radius 1 is 1.16 bits per heavy atom. The maximum Gasteiger partial charge on any atom is 0.417 e. The maximum absolute atomic E-state index is 12.9. The highest BCUT2D eigenvalue weighted by atomic mass is 19.4. The van der Waals surface area contributed by atoms with E-state index >= 15 is 0 Å². The van der Waals surface area contributed by atoms with Gasteiger partial charge in [0.25, 0.3) is 0 Å². The molecular weight excluding hydrogens is 255 g/mol. The Morgan fingerprint density at radius 3 is 2.42 bits per heavy atom. The van der Waals surface area contributed by atoms with Crippen molar-refractivity contribution in [2.24, 2.45) is 0 Å². The number of hydrogen-bond donors (Lipinski definition) is 0. The van der Waals surface area contributed by atoms with E-state index in [0.717, 1.165) is 12.1 Å². The number of aldehydes is 1. The first kappa shape index (κ1) is 13.3. The molecule has 0 fully saturated rings. The van der Waals surface area contributed by atoms with Gasteiger partial charge >= 0.3 is 6.18 Å². The molecule has 1 aromatic carbocycles. The Balaban J connectivity index is 2.64. The number of hydrogen-bond acceptors (Lipinski definition) is 2. The number of rotatable bonds is 2. The molecule has 0 amide bonds. The van der Waals surface area contributed by atoms with Gasteiger partial charge in [0, 0.05) is 23.0 Å². The molecular formula is C14H10F3NO. The van der Waals surface area contributed by atoms with Gasteiger partial charge in [-0.1, -0.05) is 12.1 Å². The van der Waals surface area contributed by atoms with Crippen molar-refractivity contribution >= 4 is 6.29 Å². The first-order valence-corrected chi connectivity index (χ1v) is 5.51. The van der Waals surface area contributed by atoms with Crippen LogP contribution in [0.2, 0.25) is 0 Å². The summed E-state index contributed by atoms with van der Waals surface area (Å²) in [6.07, 6.45) is -2.58. The van der Waals surface area contributed by atoms with Crippen LogP contribution < -0.4 is 0 Å². The van der Waals surface area contributed by atoms with Crippen molar-refractivity contribution in [1.82, 2.24) is 4.98 Å². The molecule has 0 unspecified atom stereocenters. The molecule has 1 heterocycles. The highest BCUT2D eigenvalue weighted by Crippen LogP contribution is 2.37. The summed E-state index contributed by atoms with van der Waals surface area (Å²) in [6, 6.07) is 6.48. The van der Waals surface area contributed by atoms with Crippen LogP contribution in [0.15, 0.2) is 36.5 Å². The molecule has 19 heavy (non-hydrogen) atoms. The molecule has 0 aliphatic rings. The minimum Gasteiger partial charge on any atom is -0.298 e. The molecule has 2 rings (SSSR count). The second-order valence-corrected chi connectivity index (χ2v) is 4.11. The van der Waals surface area contributed by atoms with Gasteiger partial charge < -0.3 is 0 Å². The van der Waals surface area contributed by atoms with E-state index in [4.69, 9.17) is 0 Å². The topological polar surface area (TPSA) is 30.0 Å². The maximum atomic E-state index is 12.9. The molecule has 0 aliphatic heterocycles. The van der Waals surface area contributed by atoms with Crippen LogP contribution in [0.5, 0.6) is 0 Å². The number of aromatic nitrogens is 1. The number of pyridine rings is 1. The first-order valence-electron chi connectivity index (χ1n) is 5.51. The summed E-state index contributed by atoms with van der Waals surface area (Å²) < 4.78 is 38.8. The zero-order valence-corrected chi connectivity index (χ0v) is 10.0. The molecule has 1 aromatic heterocycles. The summed E-state index contributed by atoms with van der Waals surface area (Å²) in [5.41, 5.74) is 0.433. The van der Waals surface area contributed by atoms with E-state index in [0.29, 0.717) is 17.5 Å². The monoisotopic (exact) mass is 265 g/mol. The summed E-state index contributed by atoms with van der Waals surface area (Å²) >= 11 is 0. The Bertz CT molecular complexity index is 603. The molecule has 0 spiro atoms. The Kier molecular flexibility index (Phi) is 3.38. The van der Waals surface area contributed by atoms with Gasteiger partial charge in [-0.25, -0.2) is 0 Å². The molecule has 0 bridgehead atoms. The fourth-order valence-corrected chi connectivity index (χ4v) is 1.75. The van der Waals surface area contributed by atoms with Crippen LogP contribution in [0.4, 0.5) is 13.2 Å². The predicted octanol–water partition coefficient (Wildman–Crippen LogP) is 3.89.